The fraction of sp³-hybridized carbons (Fsp3) is 0.667. The molecule has 0 saturated heterocycles. The zero-order chi connectivity index (χ0) is 14.7. The molecule has 0 rings (SSSR count). The van der Waals surface area contributed by atoms with Gasteiger partial charge >= 0.3 is 5.97 Å². The van der Waals surface area contributed by atoms with Crippen LogP contribution in [-0.4, -0.2) is 60.0 Å². The van der Waals surface area contributed by atoms with Crippen LogP contribution < -0.4 is 0 Å². The first-order valence-corrected chi connectivity index (χ1v) is 5.93. The molecule has 0 aliphatic rings. The number of nitrogens with zero attached hydrogens (tertiary/aromatic N) is 4. The molecule has 7 heteroatoms. The lowest BCUT2D eigenvalue weighted by molar-refractivity contribution is -0.138. The van der Waals surface area contributed by atoms with Gasteiger partial charge in [-0.05, 0) is 7.05 Å². The van der Waals surface area contributed by atoms with Crippen LogP contribution in [0, 0.1) is 22.7 Å². The Labute approximate surface area is 112 Å². The molecule has 0 heterocycles. The van der Waals surface area contributed by atoms with Gasteiger partial charge in [-0.25, -0.2) is 0 Å². The maximum absolute atomic E-state index is 11.9. The summed E-state index contributed by atoms with van der Waals surface area (Å²) in [6.45, 7) is 0.961. The first-order chi connectivity index (χ1) is 9.01. The number of aliphatic carboxylic acids is 1. The number of rotatable bonds is 9. The first-order valence-electron chi connectivity index (χ1n) is 5.93. The van der Waals surface area contributed by atoms with Crippen molar-refractivity contribution in [3.63, 3.8) is 0 Å². The highest BCUT2D eigenvalue weighted by Crippen LogP contribution is 1.98. The predicted molar refractivity (Wildman–Crippen MR) is 66.8 cm³/mol. The summed E-state index contributed by atoms with van der Waals surface area (Å²) in [5, 5.41) is 25.6. The number of carboxylic acids is 1. The molecule has 0 aliphatic heterocycles. The predicted octanol–water partition coefficient (Wildman–Crippen LogP) is 0.0489. The first kappa shape index (κ1) is 16.9. The Morgan fingerprint density at radius 3 is 2.05 bits per heavy atom. The fourth-order valence-corrected chi connectivity index (χ4v) is 1.43. The summed E-state index contributed by atoms with van der Waals surface area (Å²) in [5.74, 6) is -1.11. The summed E-state index contributed by atoms with van der Waals surface area (Å²) in [5.41, 5.74) is 0. The van der Waals surface area contributed by atoms with E-state index in [1.165, 1.54) is 4.90 Å². The van der Waals surface area contributed by atoms with Crippen LogP contribution in [0.2, 0.25) is 0 Å². The molecule has 7 nitrogen and oxygen atoms in total. The minimum Gasteiger partial charge on any atom is -0.481 e. The smallest absolute Gasteiger partial charge is 0.304 e. The molecular formula is C12H18N4O3. The molecule has 0 unspecified atom stereocenters. The SMILES string of the molecule is CN(CCC(=O)O)CC(=O)N(CCC#N)CCC#N. The van der Waals surface area contributed by atoms with Crippen LogP contribution in [0.4, 0.5) is 0 Å². The van der Waals surface area contributed by atoms with Gasteiger partial charge < -0.3 is 10.0 Å². The van der Waals surface area contributed by atoms with E-state index in [1.54, 1.807) is 11.9 Å². The Morgan fingerprint density at radius 1 is 1.11 bits per heavy atom. The number of hydrogen-bond donors (Lipinski definition) is 1. The molecule has 0 bridgehead atoms. The minimum atomic E-state index is -0.912. The van der Waals surface area contributed by atoms with Gasteiger partial charge in [-0.1, -0.05) is 0 Å². The summed E-state index contributed by atoms with van der Waals surface area (Å²) in [7, 11) is 1.66. The molecule has 0 spiro atoms. The number of nitriles is 2. The van der Waals surface area contributed by atoms with Gasteiger partial charge in [-0.3, -0.25) is 14.5 Å². The van der Waals surface area contributed by atoms with Crippen molar-refractivity contribution in [1.29, 1.82) is 10.5 Å². The van der Waals surface area contributed by atoms with E-state index in [2.05, 4.69) is 0 Å². The quantitative estimate of drug-likeness (QED) is 0.631. The van der Waals surface area contributed by atoms with E-state index in [1.807, 2.05) is 12.1 Å². The Balaban J connectivity index is 4.25. The third kappa shape index (κ3) is 8.58. The fourth-order valence-electron chi connectivity index (χ4n) is 1.43. The van der Waals surface area contributed by atoms with Gasteiger partial charge in [-0.15, -0.1) is 0 Å². The maximum atomic E-state index is 11.9. The molecule has 1 N–H and O–H groups in total. The number of carboxylic acid groups (broad SMARTS) is 1. The van der Waals surface area contributed by atoms with E-state index in [9.17, 15) is 9.59 Å². The Bertz CT molecular complexity index is 365. The van der Waals surface area contributed by atoms with Gasteiger partial charge in [0.25, 0.3) is 0 Å². The van der Waals surface area contributed by atoms with Crippen LogP contribution in [0.5, 0.6) is 0 Å². The van der Waals surface area contributed by atoms with Crippen LogP contribution in [-0.2, 0) is 9.59 Å². The zero-order valence-corrected chi connectivity index (χ0v) is 11.0. The second-order valence-corrected chi connectivity index (χ2v) is 4.08. The lowest BCUT2D eigenvalue weighted by atomic mass is 10.3. The summed E-state index contributed by atoms with van der Waals surface area (Å²) >= 11 is 0. The standard InChI is InChI=1S/C12H18N4O3/c1-15(9-4-12(18)19)10-11(17)16(7-2-5-13)8-3-6-14/h2-4,7-10H2,1H3,(H,18,19). The van der Waals surface area contributed by atoms with Crippen LogP contribution in [0.15, 0.2) is 0 Å². The summed E-state index contributed by atoms with van der Waals surface area (Å²) in [6.07, 6.45) is 0.409. The molecule has 0 atom stereocenters. The molecule has 0 aromatic rings. The topological polar surface area (TPSA) is 108 Å². The Morgan fingerprint density at radius 2 is 1.63 bits per heavy atom. The van der Waals surface area contributed by atoms with Crippen LogP contribution in [0.1, 0.15) is 19.3 Å². The molecular weight excluding hydrogens is 248 g/mol. The lowest BCUT2D eigenvalue weighted by Gasteiger charge is -2.23. The van der Waals surface area contributed by atoms with E-state index in [-0.39, 0.29) is 38.3 Å². The molecule has 19 heavy (non-hydrogen) atoms. The van der Waals surface area contributed by atoms with Gasteiger partial charge in [-0.2, -0.15) is 10.5 Å². The molecule has 0 saturated carbocycles. The van der Waals surface area contributed by atoms with Crippen LogP contribution >= 0.6 is 0 Å². The molecule has 0 aromatic heterocycles. The number of likely N-dealkylation sites (N-methyl/N-ethyl adjacent to an activating group) is 1. The van der Waals surface area contributed by atoms with Gasteiger partial charge in [0.05, 0.1) is 37.9 Å². The molecule has 0 aromatic carbocycles. The third-order valence-corrected chi connectivity index (χ3v) is 2.45. The number of hydrogen-bond acceptors (Lipinski definition) is 5. The highest BCUT2D eigenvalue weighted by Gasteiger charge is 2.15. The second kappa shape index (κ2) is 9.86. The van der Waals surface area contributed by atoms with Crippen molar-refractivity contribution in [2.45, 2.75) is 19.3 Å². The van der Waals surface area contributed by atoms with Crippen molar-refractivity contribution in [3.05, 3.63) is 0 Å². The number of amides is 1. The van der Waals surface area contributed by atoms with Gasteiger partial charge in [0.2, 0.25) is 5.91 Å². The van der Waals surface area contributed by atoms with Gasteiger partial charge in [0.15, 0.2) is 0 Å². The molecule has 0 fully saturated rings. The normalized spacial score (nSPS) is 9.68. The van der Waals surface area contributed by atoms with E-state index in [0.29, 0.717) is 13.1 Å². The average molecular weight is 266 g/mol. The number of carbonyl (C=O) groups excluding carboxylic acids is 1. The second-order valence-electron chi connectivity index (χ2n) is 4.08. The number of carbonyl (C=O) groups is 2. The molecule has 0 aliphatic carbocycles. The highest BCUT2D eigenvalue weighted by atomic mass is 16.4. The largest absolute Gasteiger partial charge is 0.481 e. The van der Waals surface area contributed by atoms with Crippen molar-refractivity contribution in [1.82, 2.24) is 9.80 Å². The highest BCUT2D eigenvalue weighted by molar-refractivity contribution is 5.78. The van der Waals surface area contributed by atoms with Crippen molar-refractivity contribution < 1.29 is 14.7 Å². The lowest BCUT2D eigenvalue weighted by Crippen LogP contribution is -2.40. The van der Waals surface area contributed by atoms with Crippen molar-refractivity contribution in [2.24, 2.45) is 0 Å². The molecule has 0 radical (unpaired) electrons. The van der Waals surface area contributed by atoms with Crippen LogP contribution in [0.3, 0.4) is 0 Å². The van der Waals surface area contributed by atoms with Gasteiger partial charge in [0, 0.05) is 19.6 Å². The monoisotopic (exact) mass is 266 g/mol. The maximum Gasteiger partial charge on any atom is 0.304 e. The van der Waals surface area contributed by atoms with Crippen molar-refractivity contribution in [3.8, 4) is 12.1 Å². The van der Waals surface area contributed by atoms with Crippen LogP contribution in [0.25, 0.3) is 0 Å². The summed E-state index contributed by atoms with van der Waals surface area (Å²) < 4.78 is 0. The van der Waals surface area contributed by atoms with E-state index >= 15 is 0 Å². The van der Waals surface area contributed by atoms with Gasteiger partial charge in [0.1, 0.15) is 0 Å². The Hall–Kier alpha value is -2.12. The van der Waals surface area contributed by atoms with E-state index in [0.717, 1.165) is 0 Å². The van der Waals surface area contributed by atoms with Crippen molar-refractivity contribution in [2.75, 3.05) is 33.2 Å². The van der Waals surface area contributed by atoms with E-state index in [4.69, 9.17) is 15.6 Å². The minimum absolute atomic E-state index is 0.0276. The average Bonchev–Trinajstić information content (AvgIpc) is 2.36. The summed E-state index contributed by atoms with van der Waals surface area (Å²) in [4.78, 5) is 25.4. The third-order valence-electron chi connectivity index (χ3n) is 2.45. The molecule has 104 valence electrons. The van der Waals surface area contributed by atoms with Crippen molar-refractivity contribution >= 4 is 11.9 Å². The summed E-state index contributed by atoms with van der Waals surface area (Å²) in [6, 6.07) is 3.91. The zero-order valence-electron chi connectivity index (χ0n) is 11.0. The van der Waals surface area contributed by atoms with E-state index < -0.39 is 5.97 Å². The Kier molecular flexibility index (Phi) is 8.76. The molecule has 1 amide bonds.